The van der Waals surface area contributed by atoms with Gasteiger partial charge in [-0.25, -0.2) is 0 Å². The van der Waals surface area contributed by atoms with Crippen LogP contribution in [0.3, 0.4) is 0 Å². The van der Waals surface area contributed by atoms with Crippen LogP contribution in [0.2, 0.25) is 15.1 Å². The average Bonchev–Trinajstić information content (AvgIpc) is 2.33. The molecule has 2 rings (SSSR count). The molecule has 0 radical (unpaired) electrons. The molecule has 0 saturated heterocycles. The van der Waals surface area contributed by atoms with Crippen molar-refractivity contribution in [1.82, 2.24) is 4.98 Å². The number of nitro groups is 1. The lowest BCUT2D eigenvalue weighted by atomic mass is 10.1. The maximum atomic E-state index is 10.8. The van der Waals surface area contributed by atoms with Gasteiger partial charge in [-0.2, -0.15) is 0 Å². The summed E-state index contributed by atoms with van der Waals surface area (Å²) in [5.74, 6) is 0. The molecule has 1 aromatic carbocycles. The van der Waals surface area contributed by atoms with Gasteiger partial charge in [0.1, 0.15) is 11.2 Å². The van der Waals surface area contributed by atoms with E-state index < -0.39 is 4.92 Å². The van der Waals surface area contributed by atoms with Gasteiger partial charge in [0.25, 0.3) is 0 Å². The molecule has 0 unspecified atom stereocenters. The first-order chi connectivity index (χ1) is 8.50. The summed E-state index contributed by atoms with van der Waals surface area (Å²) in [5.41, 5.74) is 0.801. The van der Waals surface area contributed by atoms with E-state index in [0.717, 1.165) is 6.20 Å². The van der Waals surface area contributed by atoms with E-state index in [2.05, 4.69) is 4.98 Å². The van der Waals surface area contributed by atoms with Crippen molar-refractivity contribution in [2.45, 2.75) is 0 Å². The summed E-state index contributed by atoms with van der Waals surface area (Å²) in [6.45, 7) is 0. The van der Waals surface area contributed by atoms with E-state index in [1.807, 2.05) is 0 Å². The van der Waals surface area contributed by atoms with Gasteiger partial charge in [0.15, 0.2) is 0 Å². The highest BCUT2D eigenvalue weighted by molar-refractivity contribution is 6.42. The van der Waals surface area contributed by atoms with Crippen molar-refractivity contribution in [2.75, 3.05) is 0 Å². The molecule has 0 amide bonds. The summed E-state index contributed by atoms with van der Waals surface area (Å²) >= 11 is 17.7. The highest BCUT2D eigenvalue weighted by atomic mass is 35.5. The molecule has 1 aromatic heterocycles. The summed E-state index contributed by atoms with van der Waals surface area (Å²) in [7, 11) is 0. The van der Waals surface area contributed by atoms with Crippen LogP contribution in [0.25, 0.3) is 11.1 Å². The average molecular weight is 304 g/mol. The van der Waals surface area contributed by atoms with Crippen molar-refractivity contribution in [1.29, 1.82) is 0 Å². The topological polar surface area (TPSA) is 56.0 Å². The molecule has 1 heterocycles. The zero-order valence-electron chi connectivity index (χ0n) is 8.73. The molecule has 0 aliphatic heterocycles. The van der Waals surface area contributed by atoms with Crippen LogP contribution in [-0.4, -0.2) is 9.91 Å². The molecule has 2 aromatic rings. The number of nitrogens with zero attached hydrogens (tertiary/aromatic N) is 2. The molecule has 0 aliphatic rings. The second-order valence-corrected chi connectivity index (χ2v) is 4.60. The summed E-state index contributed by atoms with van der Waals surface area (Å²) < 4.78 is 0. The summed E-state index contributed by atoms with van der Waals surface area (Å²) in [5, 5.41) is 11.5. The largest absolute Gasteiger partial charge is 0.306 e. The number of benzene rings is 1. The van der Waals surface area contributed by atoms with Crippen LogP contribution in [0, 0.1) is 10.1 Å². The Morgan fingerprint density at radius 2 is 1.83 bits per heavy atom. The van der Waals surface area contributed by atoms with Gasteiger partial charge in [0.2, 0.25) is 0 Å². The first-order valence-corrected chi connectivity index (χ1v) is 5.87. The maximum absolute atomic E-state index is 10.8. The van der Waals surface area contributed by atoms with Crippen molar-refractivity contribution >= 4 is 40.5 Å². The third-order valence-electron chi connectivity index (χ3n) is 2.29. The number of pyridine rings is 1. The van der Waals surface area contributed by atoms with Crippen molar-refractivity contribution in [3.05, 3.63) is 55.8 Å². The minimum atomic E-state index is -0.587. The highest BCUT2D eigenvalue weighted by Crippen LogP contribution is 2.36. The smallest absolute Gasteiger partial charge is 0.258 e. The van der Waals surface area contributed by atoms with Crippen molar-refractivity contribution in [2.24, 2.45) is 0 Å². The van der Waals surface area contributed by atoms with Crippen molar-refractivity contribution < 1.29 is 4.92 Å². The molecular weight excluding hydrogens is 298 g/mol. The van der Waals surface area contributed by atoms with E-state index in [1.165, 1.54) is 6.20 Å². The molecule has 0 saturated carbocycles. The fourth-order valence-electron chi connectivity index (χ4n) is 1.43. The van der Waals surface area contributed by atoms with Gasteiger partial charge in [-0.05, 0) is 17.7 Å². The Kier molecular flexibility index (Phi) is 3.71. The second kappa shape index (κ2) is 5.10. The van der Waals surface area contributed by atoms with E-state index in [-0.39, 0.29) is 10.7 Å². The van der Waals surface area contributed by atoms with Crippen LogP contribution in [-0.2, 0) is 0 Å². The number of halogens is 3. The van der Waals surface area contributed by atoms with E-state index in [4.69, 9.17) is 34.8 Å². The standard InChI is InChI=1S/C11H5Cl3N2O2/c12-8-2-1-6(3-9(8)13)7-4-15-5-10(11(7)14)16(17)18/h1-5H. The monoisotopic (exact) mass is 302 g/mol. The molecule has 7 heteroatoms. The quantitative estimate of drug-likeness (QED) is 0.601. The highest BCUT2D eigenvalue weighted by Gasteiger charge is 2.17. The lowest BCUT2D eigenvalue weighted by molar-refractivity contribution is -0.385. The van der Waals surface area contributed by atoms with Gasteiger partial charge in [-0.15, -0.1) is 0 Å². The minimum Gasteiger partial charge on any atom is -0.258 e. The van der Waals surface area contributed by atoms with Crippen LogP contribution in [0.15, 0.2) is 30.6 Å². The first-order valence-electron chi connectivity index (χ1n) is 4.74. The molecule has 0 bridgehead atoms. The second-order valence-electron chi connectivity index (χ2n) is 3.41. The molecule has 0 atom stereocenters. The Morgan fingerprint density at radius 3 is 2.44 bits per heavy atom. The lowest BCUT2D eigenvalue weighted by Gasteiger charge is -2.05. The van der Waals surface area contributed by atoms with Gasteiger partial charge < -0.3 is 0 Å². The molecule has 4 nitrogen and oxygen atoms in total. The maximum Gasteiger partial charge on any atom is 0.306 e. The molecule has 18 heavy (non-hydrogen) atoms. The zero-order chi connectivity index (χ0) is 13.3. The predicted molar refractivity (Wildman–Crippen MR) is 71.4 cm³/mol. The van der Waals surface area contributed by atoms with E-state index >= 15 is 0 Å². The Balaban J connectivity index is 2.60. The van der Waals surface area contributed by atoms with E-state index in [9.17, 15) is 10.1 Å². The Morgan fingerprint density at radius 1 is 1.11 bits per heavy atom. The van der Waals surface area contributed by atoms with E-state index in [0.29, 0.717) is 21.2 Å². The molecule has 0 aliphatic carbocycles. The molecule has 92 valence electrons. The number of hydrogen-bond donors (Lipinski definition) is 0. The van der Waals surface area contributed by atoms with Crippen molar-refractivity contribution in [3.63, 3.8) is 0 Å². The van der Waals surface area contributed by atoms with Crippen LogP contribution in [0.1, 0.15) is 0 Å². The predicted octanol–water partition coefficient (Wildman–Crippen LogP) is 4.62. The first kappa shape index (κ1) is 13.1. The van der Waals surface area contributed by atoms with Gasteiger partial charge in [-0.3, -0.25) is 15.1 Å². The Labute approximate surface area is 117 Å². The number of rotatable bonds is 2. The van der Waals surface area contributed by atoms with Crippen LogP contribution in [0.4, 0.5) is 5.69 Å². The Hall–Kier alpha value is -1.36. The molecule has 0 N–H and O–H groups in total. The number of hydrogen-bond acceptors (Lipinski definition) is 3. The van der Waals surface area contributed by atoms with Crippen LogP contribution >= 0.6 is 34.8 Å². The molecular formula is C11H5Cl3N2O2. The summed E-state index contributed by atoms with van der Waals surface area (Å²) in [4.78, 5) is 14.0. The van der Waals surface area contributed by atoms with Crippen molar-refractivity contribution in [3.8, 4) is 11.1 Å². The third-order valence-corrected chi connectivity index (χ3v) is 3.43. The van der Waals surface area contributed by atoms with Crippen LogP contribution < -0.4 is 0 Å². The Bertz CT molecular complexity index is 632. The van der Waals surface area contributed by atoms with Gasteiger partial charge >= 0.3 is 5.69 Å². The van der Waals surface area contributed by atoms with Gasteiger partial charge in [-0.1, -0.05) is 40.9 Å². The van der Waals surface area contributed by atoms with Crippen LogP contribution in [0.5, 0.6) is 0 Å². The SMILES string of the molecule is O=[N+]([O-])c1cncc(-c2ccc(Cl)c(Cl)c2)c1Cl. The fourth-order valence-corrected chi connectivity index (χ4v) is 2.00. The van der Waals surface area contributed by atoms with Gasteiger partial charge in [0, 0.05) is 11.8 Å². The zero-order valence-corrected chi connectivity index (χ0v) is 11.0. The molecule has 0 spiro atoms. The normalized spacial score (nSPS) is 10.4. The lowest BCUT2D eigenvalue weighted by Crippen LogP contribution is -1.92. The third kappa shape index (κ3) is 2.41. The summed E-state index contributed by atoms with van der Waals surface area (Å²) in [6, 6.07) is 4.84. The summed E-state index contributed by atoms with van der Waals surface area (Å²) in [6.07, 6.45) is 2.54. The minimum absolute atomic E-state index is 0.0217. The van der Waals surface area contributed by atoms with Gasteiger partial charge in [0.05, 0.1) is 15.0 Å². The molecule has 0 fully saturated rings. The fraction of sp³-hybridized carbons (Fsp3) is 0. The van der Waals surface area contributed by atoms with E-state index in [1.54, 1.807) is 18.2 Å². The number of aromatic nitrogens is 1.